The van der Waals surface area contributed by atoms with E-state index in [1.54, 1.807) is 0 Å². The third-order valence-electron chi connectivity index (χ3n) is 2.29. The summed E-state index contributed by atoms with van der Waals surface area (Å²) in [7, 11) is 0. The maximum absolute atomic E-state index is 5.63. The second-order valence-electron chi connectivity index (χ2n) is 3.65. The van der Waals surface area contributed by atoms with Crippen LogP contribution >= 0.6 is 0 Å². The van der Waals surface area contributed by atoms with Gasteiger partial charge in [0.15, 0.2) is 0 Å². The summed E-state index contributed by atoms with van der Waals surface area (Å²) in [6.07, 6.45) is 0. The van der Waals surface area contributed by atoms with E-state index in [0.717, 1.165) is 23.8 Å². The van der Waals surface area contributed by atoms with Crippen LogP contribution in [0.4, 0.5) is 5.82 Å². The van der Waals surface area contributed by atoms with Gasteiger partial charge in [-0.2, -0.15) is 0 Å². The summed E-state index contributed by atoms with van der Waals surface area (Å²) in [6.45, 7) is 3.41. The Balaban J connectivity index is 1.97. The minimum absolute atomic E-state index is 0.489. The first-order valence-corrected chi connectivity index (χ1v) is 5.76. The van der Waals surface area contributed by atoms with Crippen molar-refractivity contribution in [2.45, 2.75) is 13.5 Å². The molecule has 88 valence electrons. The predicted molar refractivity (Wildman–Crippen MR) is 69.2 cm³/mol. The van der Waals surface area contributed by atoms with Crippen molar-refractivity contribution < 1.29 is 4.74 Å². The van der Waals surface area contributed by atoms with Crippen molar-refractivity contribution >= 4 is 5.82 Å². The normalized spacial score (nSPS) is 9.94. The van der Waals surface area contributed by atoms with Gasteiger partial charge in [-0.3, -0.25) is 0 Å². The van der Waals surface area contributed by atoms with E-state index in [9.17, 15) is 0 Å². The second-order valence-corrected chi connectivity index (χ2v) is 3.65. The van der Waals surface area contributed by atoms with Crippen LogP contribution < -0.4 is 10.1 Å². The first kappa shape index (κ1) is 11.5. The fourth-order valence-electron chi connectivity index (χ4n) is 1.51. The molecule has 0 aliphatic heterocycles. The van der Waals surface area contributed by atoms with Gasteiger partial charge in [0.25, 0.3) is 0 Å². The molecule has 1 aromatic carbocycles. The number of hydrogen-bond acceptors (Lipinski definition) is 3. The van der Waals surface area contributed by atoms with Crippen LogP contribution in [0.25, 0.3) is 0 Å². The SMILES string of the molecule is CCNc1cccc(COc2ccccc2)n1. The predicted octanol–water partition coefficient (Wildman–Crippen LogP) is 3.09. The first-order chi connectivity index (χ1) is 8.38. The number of nitrogens with one attached hydrogen (secondary N) is 1. The largest absolute Gasteiger partial charge is 0.487 e. The molecule has 0 atom stereocenters. The summed E-state index contributed by atoms with van der Waals surface area (Å²) in [6, 6.07) is 15.7. The van der Waals surface area contributed by atoms with E-state index in [0.29, 0.717) is 6.61 Å². The lowest BCUT2D eigenvalue weighted by Gasteiger charge is -2.07. The van der Waals surface area contributed by atoms with Gasteiger partial charge in [-0.05, 0) is 31.2 Å². The molecular formula is C14H16N2O. The van der Waals surface area contributed by atoms with E-state index in [4.69, 9.17) is 4.74 Å². The van der Waals surface area contributed by atoms with Gasteiger partial charge in [-0.25, -0.2) is 4.98 Å². The molecule has 2 aromatic rings. The molecule has 0 aliphatic rings. The Morgan fingerprint density at radius 3 is 2.65 bits per heavy atom. The average molecular weight is 228 g/mol. The molecule has 0 bridgehead atoms. The van der Waals surface area contributed by atoms with Crippen molar-refractivity contribution in [1.29, 1.82) is 0 Å². The van der Waals surface area contributed by atoms with Crippen molar-refractivity contribution in [2.75, 3.05) is 11.9 Å². The number of ether oxygens (including phenoxy) is 1. The number of aromatic nitrogens is 1. The van der Waals surface area contributed by atoms with Crippen LogP contribution in [0.3, 0.4) is 0 Å². The average Bonchev–Trinajstić information content (AvgIpc) is 2.39. The van der Waals surface area contributed by atoms with Crippen molar-refractivity contribution in [2.24, 2.45) is 0 Å². The highest BCUT2D eigenvalue weighted by molar-refractivity contribution is 5.35. The molecule has 0 radical (unpaired) electrons. The Hall–Kier alpha value is -2.03. The van der Waals surface area contributed by atoms with E-state index < -0.39 is 0 Å². The zero-order valence-corrected chi connectivity index (χ0v) is 9.89. The summed E-state index contributed by atoms with van der Waals surface area (Å²) in [5.74, 6) is 1.75. The maximum Gasteiger partial charge on any atom is 0.130 e. The molecule has 0 aliphatic carbocycles. The van der Waals surface area contributed by atoms with E-state index in [2.05, 4.69) is 17.2 Å². The van der Waals surface area contributed by atoms with Crippen LogP contribution in [-0.4, -0.2) is 11.5 Å². The summed E-state index contributed by atoms with van der Waals surface area (Å²) < 4.78 is 5.63. The van der Waals surface area contributed by atoms with Gasteiger partial charge in [0, 0.05) is 6.54 Å². The Bertz CT molecular complexity index is 457. The number of benzene rings is 1. The summed E-state index contributed by atoms with van der Waals surface area (Å²) >= 11 is 0. The lowest BCUT2D eigenvalue weighted by molar-refractivity contribution is 0.301. The first-order valence-electron chi connectivity index (χ1n) is 5.76. The zero-order chi connectivity index (χ0) is 11.9. The Morgan fingerprint density at radius 2 is 1.88 bits per heavy atom. The van der Waals surface area contributed by atoms with Gasteiger partial charge >= 0.3 is 0 Å². The van der Waals surface area contributed by atoms with Crippen LogP contribution in [0.15, 0.2) is 48.5 Å². The quantitative estimate of drug-likeness (QED) is 0.853. The fourth-order valence-corrected chi connectivity index (χ4v) is 1.51. The fraction of sp³-hybridized carbons (Fsp3) is 0.214. The lowest BCUT2D eigenvalue weighted by atomic mass is 10.3. The Labute approximate surface area is 101 Å². The molecule has 2 rings (SSSR count). The van der Waals surface area contributed by atoms with Crippen molar-refractivity contribution in [3.05, 3.63) is 54.2 Å². The van der Waals surface area contributed by atoms with Gasteiger partial charge in [0.1, 0.15) is 18.2 Å². The van der Waals surface area contributed by atoms with E-state index in [1.807, 2.05) is 48.5 Å². The molecule has 0 unspecified atom stereocenters. The van der Waals surface area contributed by atoms with Gasteiger partial charge in [0.05, 0.1) is 5.69 Å². The number of para-hydroxylation sites is 1. The smallest absolute Gasteiger partial charge is 0.130 e. The van der Waals surface area contributed by atoms with Crippen LogP contribution in [0, 0.1) is 0 Å². The topological polar surface area (TPSA) is 34.1 Å². The number of anilines is 1. The van der Waals surface area contributed by atoms with Gasteiger partial charge in [-0.1, -0.05) is 24.3 Å². The minimum atomic E-state index is 0.489. The third kappa shape index (κ3) is 3.48. The highest BCUT2D eigenvalue weighted by Gasteiger charge is 1.98. The molecule has 3 nitrogen and oxygen atoms in total. The van der Waals surface area contributed by atoms with Crippen LogP contribution in [0.5, 0.6) is 5.75 Å². The van der Waals surface area contributed by atoms with Gasteiger partial charge in [0.2, 0.25) is 0 Å². The summed E-state index contributed by atoms with van der Waals surface area (Å²) in [4.78, 5) is 4.44. The maximum atomic E-state index is 5.63. The zero-order valence-electron chi connectivity index (χ0n) is 9.89. The van der Waals surface area contributed by atoms with Crippen molar-refractivity contribution in [3.8, 4) is 5.75 Å². The molecule has 0 saturated carbocycles. The highest BCUT2D eigenvalue weighted by atomic mass is 16.5. The van der Waals surface area contributed by atoms with Crippen molar-refractivity contribution in [3.63, 3.8) is 0 Å². The van der Waals surface area contributed by atoms with Crippen LogP contribution in [-0.2, 0) is 6.61 Å². The summed E-state index contributed by atoms with van der Waals surface area (Å²) in [5, 5.41) is 3.18. The van der Waals surface area contributed by atoms with Crippen molar-refractivity contribution in [1.82, 2.24) is 4.98 Å². The molecule has 0 saturated heterocycles. The van der Waals surface area contributed by atoms with E-state index >= 15 is 0 Å². The van der Waals surface area contributed by atoms with Gasteiger partial charge in [-0.15, -0.1) is 0 Å². The van der Waals surface area contributed by atoms with Gasteiger partial charge < -0.3 is 10.1 Å². The lowest BCUT2D eigenvalue weighted by Crippen LogP contribution is -2.03. The number of hydrogen-bond donors (Lipinski definition) is 1. The van der Waals surface area contributed by atoms with Crippen LogP contribution in [0.2, 0.25) is 0 Å². The number of rotatable bonds is 5. The number of pyridine rings is 1. The van der Waals surface area contributed by atoms with E-state index in [-0.39, 0.29) is 0 Å². The molecule has 0 amide bonds. The monoisotopic (exact) mass is 228 g/mol. The molecule has 17 heavy (non-hydrogen) atoms. The molecule has 3 heteroatoms. The second kappa shape index (κ2) is 5.89. The number of nitrogens with zero attached hydrogens (tertiary/aromatic N) is 1. The van der Waals surface area contributed by atoms with E-state index in [1.165, 1.54) is 0 Å². The highest BCUT2D eigenvalue weighted by Crippen LogP contribution is 2.11. The third-order valence-corrected chi connectivity index (χ3v) is 2.29. The molecule has 0 spiro atoms. The standard InChI is InChI=1S/C14H16N2O/c1-2-15-14-10-6-7-12(16-14)11-17-13-8-4-3-5-9-13/h3-10H,2,11H2,1H3,(H,15,16). The Morgan fingerprint density at radius 1 is 1.06 bits per heavy atom. The summed E-state index contributed by atoms with van der Waals surface area (Å²) in [5.41, 5.74) is 0.923. The molecule has 1 heterocycles. The molecular weight excluding hydrogens is 212 g/mol. The molecule has 1 aromatic heterocycles. The Kier molecular flexibility index (Phi) is 3.97. The molecule has 0 fully saturated rings. The minimum Gasteiger partial charge on any atom is -0.487 e. The molecule has 1 N–H and O–H groups in total. The van der Waals surface area contributed by atoms with Crippen LogP contribution in [0.1, 0.15) is 12.6 Å².